The number of likely N-dealkylation sites (tertiary alicyclic amines) is 1. The van der Waals surface area contributed by atoms with Crippen molar-refractivity contribution in [3.05, 3.63) is 63.6 Å². The first-order valence-corrected chi connectivity index (χ1v) is 11.3. The zero-order valence-corrected chi connectivity index (χ0v) is 17.6. The lowest BCUT2D eigenvalue weighted by molar-refractivity contribution is 0.178. The maximum Gasteiger partial charge on any atom is 0.240 e. The van der Waals surface area contributed by atoms with Crippen LogP contribution in [0.4, 0.5) is 0 Å². The first-order valence-electron chi connectivity index (χ1n) is 9.04. The minimum atomic E-state index is -3.65. The van der Waals surface area contributed by atoms with Gasteiger partial charge in [0.2, 0.25) is 10.0 Å². The third-order valence-corrected chi connectivity index (χ3v) is 7.09. The molecule has 1 heterocycles. The fourth-order valence-corrected chi connectivity index (χ4v) is 4.91. The summed E-state index contributed by atoms with van der Waals surface area (Å²) in [6.07, 6.45) is 1.84. The molecule has 1 aliphatic heterocycles. The number of nitrogens with zero attached hydrogens (tertiary/aromatic N) is 2. The highest BCUT2D eigenvalue weighted by atomic mass is 35.5. The predicted octanol–water partition coefficient (Wildman–Crippen LogP) is 4.06. The summed E-state index contributed by atoms with van der Waals surface area (Å²) in [6, 6.07) is 13.9. The molecule has 0 amide bonds. The van der Waals surface area contributed by atoms with Gasteiger partial charge in [-0.25, -0.2) is 13.1 Å². The van der Waals surface area contributed by atoms with Gasteiger partial charge in [-0.1, -0.05) is 41.4 Å². The first-order chi connectivity index (χ1) is 13.4. The van der Waals surface area contributed by atoms with Gasteiger partial charge in [0.05, 0.1) is 15.5 Å². The van der Waals surface area contributed by atoms with Crippen LogP contribution in [-0.4, -0.2) is 33.0 Å². The Labute approximate surface area is 175 Å². The van der Waals surface area contributed by atoms with E-state index in [9.17, 15) is 8.42 Å². The van der Waals surface area contributed by atoms with E-state index in [1.54, 1.807) is 0 Å². The molecule has 0 radical (unpaired) electrons. The summed E-state index contributed by atoms with van der Waals surface area (Å²) in [7, 11) is -3.65. The molecule has 28 heavy (non-hydrogen) atoms. The minimum absolute atomic E-state index is 0.0765. The van der Waals surface area contributed by atoms with Crippen molar-refractivity contribution in [3.63, 3.8) is 0 Å². The number of hydrogen-bond acceptors (Lipinski definition) is 4. The number of nitrogens with one attached hydrogen (secondary N) is 1. The van der Waals surface area contributed by atoms with E-state index in [1.165, 1.54) is 18.2 Å². The van der Waals surface area contributed by atoms with Gasteiger partial charge >= 0.3 is 0 Å². The van der Waals surface area contributed by atoms with Gasteiger partial charge in [-0.2, -0.15) is 5.26 Å². The zero-order chi connectivity index (χ0) is 20.1. The summed E-state index contributed by atoms with van der Waals surface area (Å²) in [6.45, 7) is 3.00. The highest BCUT2D eigenvalue weighted by molar-refractivity contribution is 7.89. The Hall–Kier alpha value is -1.62. The molecule has 1 aliphatic rings. The third kappa shape index (κ3) is 5.25. The van der Waals surface area contributed by atoms with Crippen molar-refractivity contribution in [2.75, 3.05) is 19.6 Å². The molecule has 0 atom stereocenters. The van der Waals surface area contributed by atoms with Crippen LogP contribution < -0.4 is 4.72 Å². The van der Waals surface area contributed by atoms with Crippen molar-refractivity contribution in [1.29, 1.82) is 5.26 Å². The zero-order valence-electron chi connectivity index (χ0n) is 15.2. The highest BCUT2D eigenvalue weighted by Crippen LogP contribution is 2.23. The van der Waals surface area contributed by atoms with Gasteiger partial charge in [-0.15, -0.1) is 0 Å². The topological polar surface area (TPSA) is 73.2 Å². The molecule has 8 heteroatoms. The van der Waals surface area contributed by atoms with Crippen LogP contribution in [0.1, 0.15) is 24.0 Å². The first kappa shape index (κ1) is 21.1. The van der Waals surface area contributed by atoms with Crippen LogP contribution in [0.25, 0.3) is 0 Å². The van der Waals surface area contributed by atoms with E-state index in [-0.39, 0.29) is 21.4 Å². The Bertz CT molecular complexity index is 981. The van der Waals surface area contributed by atoms with Crippen LogP contribution in [0.5, 0.6) is 0 Å². The molecule has 148 valence electrons. The number of rotatable bonds is 6. The average Bonchev–Trinajstić information content (AvgIpc) is 2.69. The number of halogens is 2. The molecule has 0 aliphatic carbocycles. The summed E-state index contributed by atoms with van der Waals surface area (Å²) in [5.74, 6) is 0.283. The summed E-state index contributed by atoms with van der Waals surface area (Å²) < 4.78 is 27.7. The third-order valence-electron chi connectivity index (χ3n) is 4.99. The lowest BCUT2D eigenvalue weighted by Crippen LogP contribution is -2.38. The highest BCUT2D eigenvalue weighted by Gasteiger charge is 2.22. The molecule has 1 saturated heterocycles. The SMILES string of the molecule is N#Cc1ccc(S(=O)(=O)NCC2CCN(Cc3ccccc3Cl)CC2)cc1Cl. The molecule has 1 N–H and O–H groups in total. The van der Waals surface area contributed by atoms with Gasteiger partial charge in [0, 0.05) is 18.1 Å². The Balaban J connectivity index is 1.51. The van der Waals surface area contributed by atoms with Gasteiger partial charge in [0.1, 0.15) is 6.07 Å². The standard InChI is InChI=1S/C20H21Cl2N3O2S/c21-19-4-2-1-3-17(19)14-25-9-7-15(8-10-25)13-24-28(26,27)18-6-5-16(12-23)20(22)11-18/h1-6,11,15,24H,7-10,13-14H2. The summed E-state index contributed by atoms with van der Waals surface area (Å²) in [5, 5.41) is 9.82. The number of sulfonamides is 1. The predicted molar refractivity (Wildman–Crippen MR) is 111 cm³/mol. The second kappa shape index (κ2) is 9.25. The van der Waals surface area contributed by atoms with Crippen LogP contribution in [0, 0.1) is 17.2 Å². The second-order valence-corrected chi connectivity index (χ2v) is 9.50. The van der Waals surface area contributed by atoms with Crippen molar-refractivity contribution in [2.45, 2.75) is 24.3 Å². The normalized spacial score (nSPS) is 16.0. The minimum Gasteiger partial charge on any atom is -0.299 e. The van der Waals surface area contributed by atoms with Crippen LogP contribution in [0.3, 0.4) is 0 Å². The maximum atomic E-state index is 12.5. The summed E-state index contributed by atoms with van der Waals surface area (Å²) in [4.78, 5) is 2.42. The average molecular weight is 438 g/mol. The van der Waals surface area contributed by atoms with Gasteiger partial charge in [0.15, 0.2) is 0 Å². The van der Waals surface area contributed by atoms with Crippen LogP contribution in [0.15, 0.2) is 47.4 Å². The molecular weight excluding hydrogens is 417 g/mol. The van der Waals surface area contributed by atoms with Crippen LogP contribution in [0.2, 0.25) is 10.0 Å². The van der Waals surface area contributed by atoms with E-state index >= 15 is 0 Å². The summed E-state index contributed by atoms with van der Waals surface area (Å²) >= 11 is 12.2. The smallest absolute Gasteiger partial charge is 0.240 e. The number of nitriles is 1. The van der Waals surface area contributed by atoms with E-state index in [2.05, 4.69) is 9.62 Å². The number of benzene rings is 2. The molecule has 0 bridgehead atoms. The molecule has 3 rings (SSSR count). The van der Waals surface area contributed by atoms with Crippen LogP contribution >= 0.6 is 23.2 Å². The Morgan fingerprint density at radius 3 is 2.46 bits per heavy atom. The monoisotopic (exact) mass is 437 g/mol. The fraction of sp³-hybridized carbons (Fsp3) is 0.350. The Morgan fingerprint density at radius 2 is 1.82 bits per heavy atom. The van der Waals surface area contributed by atoms with Crippen molar-refractivity contribution < 1.29 is 8.42 Å². The Morgan fingerprint density at radius 1 is 1.11 bits per heavy atom. The van der Waals surface area contributed by atoms with Gasteiger partial charge in [-0.3, -0.25) is 4.90 Å². The molecule has 0 spiro atoms. The molecule has 0 unspecified atom stereocenters. The van der Waals surface area contributed by atoms with E-state index in [1.807, 2.05) is 30.3 Å². The van der Waals surface area contributed by atoms with Gasteiger partial charge < -0.3 is 0 Å². The van der Waals surface area contributed by atoms with E-state index in [0.29, 0.717) is 6.54 Å². The molecule has 1 fully saturated rings. The molecular formula is C20H21Cl2N3O2S. The van der Waals surface area contributed by atoms with Gasteiger partial charge in [0.25, 0.3) is 0 Å². The van der Waals surface area contributed by atoms with Crippen LogP contribution in [-0.2, 0) is 16.6 Å². The molecule has 2 aromatic rings. The lowest BCUT2D eigenvalue weighted by Gasteiger charge is -2.32. The lowest BCUT2D eigenvalue weighted by atomic mass is 9.97. The maximum absolute atomic E-state index is 12.5. The molecule has 0 aromatic heterocycles. The van der Waals surface area contributed by atoms with Crippen molar-refractivity contribution >= 4 is 33.2 Å². The van der Waals surface area contributed by atoms with E-state index < -0.39 is 10.0 Å². The molecule has 0 saturated carbocycles. The van der Waals surface area contributed by atoms with E-state index in [4.69, 9.17) is 28.5 Å². The summed E-state index contributed by atoms with van der Waals surface area (Å²) in [5.41, 5.74) is 1.37. The second-order valence-electron chi connectivity index (χ2n) is 6.92. The van der Waals surface area contributed by atoms with Crippen molar-refractivity contribution in [1.82, 2.24) is 9.62 Å². The van der Waals surface area contributed by atoms with Crippen molar-refractivity contribution in [3.8, 4) is 6.07 Å². The van der Waals surface area contributed by atoms with Gasteiger partial charge in [-0.05, 0) is 61.7 Å². The number of piperidine rings is 1. The molecule has 2 aromatic carbocycles. The molecule has 5 nitrogen and oxygen atoms in total. The fourth-order valence-electron chi connectivity index (χ4n) is 3.28. The quantitative estimate of drug-likeness (QED) is 0.739. The largest absolute Gasteiger partial charge is 0.299 e. The van der Waals surface area contributed by atoms with E-state index in [0.717, 1.165) is 43.1 Å². The Kier molecular flexibility index (Phi) is 6.97. The number of hydrogen-bond donors (Lipinski definition) is 1. The van der Waals surface area contributed by atoms with Crippen molar-refractivity contribution in [2.24, 2.45) is 5.92 Å².